The molecule has 2 heteroatoms. The number of benzene rings is 1. The maximum Gasteiger partial charge on any atom is 0.0338 e. The molecule has 2 nitrogen and oxygen atoms in total. The number of nitrogens with zero attached hydrogens (tertiary/aromatic N) is 1. The molecule has 2 fully saturated rings. The Kier molecular flexibility index (Phi) is 4.37. The van der Waals surface area contributed by atoms with Crippen LogP contribution in [0.1, 0.15) is 50.7 Å². The minimum atomic E-state index is 0.354. The molecule has 1 heterocycles. The van der Waals surface area contributed by atoms with E-state index in [0.717, 1.165) is 19.0 Å². The molecule has 1 aliphatic carbocycles. The predicted molar refractivity (Wildman–Crippen MR) is 89.4 cm³/mol. The van der Waals surface area contributed by atoms with E-state index >= 15 is 0 Å². The van der Waals surface area contributed by atoms with E-state index < -0.39 is 0 Å². The van der Waals surface area contributed by atoms with Gasteiger partial charge in [-0.15, -0.1) is 0 Å². The lowest BCUT2D eigenvalue weighted by molar-refractivity contribution is 0.0259. The minimum Gasteiger partial charge on any atom is -0.311 e. The molecule has 1 saturated carbocycles. The van der Waals surface area contributed by atoms with Gasteiger partial charge in [0.1, 0.15) is 0 Å². The standard InChI is InChI=1S/C19H30N2/c1-4-7-18-13-21(12-16-9-6-5-8-15(16)2)19(3,14-20-18)17-10-11-17/h5-6,8-9,17-18,20H,4,7,10-14H2,1-3H3. The van der Waals surface area contributed by atoms with Crippen LogP contribution in [-0.4, -0.2) is 29.6 Å². The van der Waals surface area contributed by atoms with Crippen molar-refractivity contribution in [2.45, 2.75) is 64.6 Å². The molecule has 3 rings (SSSR count). The second-order valence-electron chi connectivity index (χ2n) is 7.30. The van der Waals surface area contributed by atoms with E-state index in [0.29, 0.717) is 11.6 Å². The number of hydrogen-bond acceptors (Lipinski definition) is 2. The lowest BCUT2D eigenvalue weighted by Crippen LogP contribution is -2.63. The summed E-state index contributed by atoms with van der Waals surface area (Å²) < 4.78 is 0. The Bertz CT molecular complexity index is 480. The molecule has 1 aromatic rings. The summed E-state index contributed by atoms with van der Waals surface area (Å²) in [6, 6.07) is 9.56. The van der Waals surface area contributed by atoms with Crippen LogP contribution < -0.4 is 5.32 Å². The summed E-state index contributed by atoms with van der Waals surface area (Å²) in [5.41, 5.74) is 3.29. The molecule has 0 bridgehead atoms. The Hall–Kier alpha value is -0.860. The van der Waals surface area contributed by atoms with E-state index in [1.54, 1.807) is 0 Å². The Labute approximate surface area is 129 Å². The number of hydrogen-bond donors (Lipinski definition) is 1. The van der Waals surface area contributed by atoms with E-state index in [-0.39, 0.29) is 0 Å². The molecule has 0 aromatic heterocycles. The maximum absolute atomic E-state index is 3.82. The van der Waals surface area contributed by atoms with E-state index in [1.807, 2.05) is 0 Å². The summed E-state index contributed by atoms with van der Waals surface area (Å²) >= 11 is 0. The molecule has 1 aromatic carbocycles. The van der Waals surface area contributed by atoms with Crippen LogP contribution in [0.4, 0.5) is 0 Å². The lowest BCUT2D eigenvalue weighted by atomic mass is 9.88. The summed E-state index contributed by atoms with van der Waals surface area (Å²) in [5, 5.41) is 3.82. The molecular weight excluding hydrogens is 256 g/mol. The van der Waals surface area contributed by atoms with Gasteiger partial charge in [-0.1, -0.05) is 37.6 Å². The lowest BCUT2D eigenvalue weighted by Gasteiger charge is -2.49. The molecule has 2 aliphatic rings. The highest BCUT2D eigenvalue weighted by atomic mass is 15.3. The van der Waals surface area contributed by atoms with Gasteiger partial charge in [-0.3, -0.25) is 4.90 Å². The van der Waals surface area contributed by atoms with E-state index in [4.69, 9.17) is 0 Å². The average molecular weight is 286 g/mol. The summed E-state index contributed by atoms with van der Waals surface area (Å²) in [6.07, 6.45) is 5.41. The first-order valence-corrected chi connectivity index (χ1v) is 8.66. The Morgan fingerprint density at radius 3 is 2.71 bits per heavy atom. The summed E-state index contributed by atoms with van der Waals surface area (Å²) in [7, 11) is 0. The zero-order valence-electron chi connectivity index (χ0n) is 13.9. The topological polar surface area (TPSA) is 15.3 Å². The first-order chi connectivity index (χ1) is 10.1. The zero-order chi connectivity index (χ0) is 14.9. The van der Waals surface area contributed by atoms with Gasteiger partial charge < -0.3 is 5.32 Å². The SMILES string of the molecule is CCCC1CN(Cc2ccccc2C)C(C)(C2CC2)CN1. The molecule has 2 unspecified atom stereocenters. The van der Waals surface area contributed by atoms with Crippen molar-refractivity contribution in [2.24, 2.45) is 5.92 Å². The van der Waals surface area contributed by atoms with Gasteiger partial charge in [-0.05, 0) is 50.2 Å². The van der Waals surface area contributed by atoms with Gasteiger partial charge in [0.25, 0.3) is 0 Å². The van der Waals surface area contributed by atoms with Crippen LogP contribution in [0.15, 0.2) is 24.3 Å². The van der Waals surface area contributed by atoms with Crippen molar-refractivity contribution in [2.75, 3.05) is 13.1 Å². The highest BCUT2D eigenvalue weighted by Crippen LogP contribution is 2.44. The molecule has 0 radical (unpaired) electrons. The zero-order valence-corrected chi connectivity index (χ0v) is 13.9. The largest absolute Gasteiger partial charge is 0.311 e. The Morgan fingerprint density at radius 1 is 1.29 bits per heavy atom. The van der Waals surface area contributed by atoms with Crippen molar-refractivity contribution < 1.29 is 0 Å². The molecular formula is C19H30N2. The van der Waals surface area contributed by atoms with Crippen LogP contribution in [0.3, 0.4) is 0 Å². The quantitative estimate of drug-likeness (QED) is 0.887. The molecule has 2 atom stereocenters. The maximum atomic E-state index is 3.82. The number of piperazine rings is 1. The van der Waals surface area contributed by atoms with Crippen molar-refractivity contribution in [1.29, 1.82) is 0 Å². The van der Waals surface area contributed by atoms with Crippen LogP contribution in [0, 0.1) is 12.8 Å². The van der Waals surface area contributed by atoms with Crippen LogP contribution in [0.5, 0.6) is 0 Å². The number of nitrogens with one attached hydrogen (secondary N) is 1. The predicted octanol–water partition coefficient (Wildman–Crippen LogP) is 3.74. The summed E-state index contributed by atoms with van der Waals surface area (Å²) in [4.78, 5) is 2.78. The summed E-state index contributed by atoms with van der Waals surface area (Å²) in [6.45, 7) is 10.5. The van der Waals surface area contributed by atoms with Crippen LogP contribution >= 0.6 is 0 Å². The fraction of sp³-hybridized carbons (Fsp3) is 0.684. The third-order valence-corrected chi connectivity index (χ3v) is 5.63. The normalized spacial score (nSPS) is 30.5. The van der Waals surface area contributed by atoms with Crippen LogP contribution in [0.25, 0.3) is 0 Å². The van der Waals surface area contributed by atoms with Gasteiger partial charge >= 0.3 is 0 Å². The molecule has 1 aliphatic heterocycles. The second kappa shape index (κ2) is 6.10. The first kappa shape index (κ1) is 15.1. The fourth-order valence-electron chi connectivity index (χ4n) is 3.89. The third-order valence-electron chi connectivity index (χ3n) is 5.63. The summed E-state index contributed by atoms with van der Waals surface area (Å²) in [5.74, 6) is 0.900. The van der Waals surface area contributed by atoms with Crippen LogP contribution in [0.2, 0.25) is 0 Å². The Balaban J connectivity index is 1.78. The van der Waals surface area contributed by atoms with Gasteiger partial charge in [0.15, 0.2) is 0 Å². The van der Waals surface area contributed by atoms with Gasteiger partial charge in [-0.2, -0.15) is 0 Å². The van der Waals surface area contributed by atoms with E-state index in [2.05, 4.69) is 55.3 Å². The Morgan fingerprint density at radius 2 is 2.05 bits per heavy atom. The van der Waals surface area contributed by atoms with E-state index in [1.165, 1.54) is 43.4 Å². The average Bonchev–Trinajstić information content (AvgIpc) is 3.30. The number of aryl methyl sites for hydroxylation is 1. The van der Waals surface area contributed by atoms with Crippen LogP contribution in [-0.2, 0) is 6.54 Å². The van der Waals surface area contributed by atoms with Gasteiger partial charge in [-0.25, -0.2) is 0 Å². The third kappa shape index (κ3) is 3.17. The monoisotopic (exact) mass is 286 g/mol. The van der Waals surface area contributed by atoms with Crippen molar-refractivity contribution in [3.05, 3.63) is 35.4 Å². The fourth-order valence-corrected chi connectivity index (χ4v) is 3.89. The van der Waals surface area contributed by atoms with Crippen molar-refractivity contribution >= 4 is 0 Å². The first-order valence-electron chi connectivity index (χ1n) is 8.66. The molecule has 1 N–H and O–H groups in total. The van der Waals surface area contributed by atoms with Crippen molar-refractivity contribution in [3.8, 4) is 0 Å². The molecule has 1 saturated heterocycles. The minimum absolute atomic E-state index is 0.354. The van der Waals surface area contributed by atoms with E-state index in [9.17, 15) is 0 Å². The highest BCUT2D eigenvalue weighted by molar-refractivity contribution is 5.26. The van der Waals surface area contributed by atoms with Gasteiger partial charge in [0.2, 0.25) is 0 Å². The van der Waals surface area contributed by atoms with Gasteiger partial charge in [0.05, 0.1) is 0 Å². The molecule has 0 spiro atoms. The molecule has 116 valence electrons. The second-order valence-corrected chi connectivity index (χ2v) is 7.30. The molecule has 0 amide bonds. The van der Waals surface area contributed by atoms with Gasteiger partial charge in [0, 0.05) is 31.2 Å². The molecule has 21 heavy (non-hydrogen) atoms. The smallest absolute Gasteiger partial charge is 0.0338 e. The van der Waals surface area contributed by atoms with Crippen molar-refractivity contribution in [3.63, 3.8) is 0 Å². The highest BCUT2D eigenvalue weighted by Gasteiger charge is 2.48. The van der Waals surface area contributed by atoms with Crippen molar-refractivity contribution in [1.82, 2.24) is 10.2 Å². The number of rotatable bonds is 5.